The molecule has 2 N–H and O–H groups in total. The molecule has 2 aromatic carbocycles. The zero-order valence-corrected chi connectivity index (χ0v) is 19.6. The molecular formula is C22H18N4O7S2. The van der Waals surface area contributed by atoms with Crippen molar-refractivity contribution >= 4 is 57.8 Å². The number of thioether (sulfide) groups is 1. The number of carbonyl (C=O) groups excluding carboxylic acids is 3. The van der Waals surface area contributed by atoms with Crippen LogP contribution in [0, 0.1) is 10.1 Å². The molecular weight excluding hydrogens is 496 g/mol. The first kappa shape index (κ1) is 24.2. The molecule has 0 aromatic heterocycles. The number of hydrazine groups is 1. The number of ether oxygens (including phenoxy) is 2. The fraction of sp³-hybridized carbons (Fsp3) is 0.182. The van der Waals surface area contributed by atoms with Gasteiger partial charge in [-0.2, -0.15) is 0 Å². The number of nitro groups is 1. The molecule has 1 fully saturated rings. The molecule has 4 rings (SSSR count). The molecule has 2 aromatic rings. The van der Waals surface area contributed by atoms with Crippen molar-refractivity contribution in [2.24, 2.45) is 0 Å². The lowest BCUT2D eigenvalue weighted by molar-refractivity contribution is -0.385. The van der Waals surface area contributed by atoms with E-state index in [4.69, 9.17) is 21.7 Å². The standard InChI is InChI=1S/C22H18N4O7S2/c27-19(23-24-20(28)14-4-1-2-5-15(14)26(30)31)6-3-9-25-21(29)18(35-22(25)34)11-13-7-8-16-17(10-13)33-12-32-16/h1-2,4-5,7-8,10-11H,3,6,9,12H2,(H,23,27)(H,24,28). The second-order valence-corrected chi connectivity index (χ2v) is 9.00. The van der Waals surface area contributed by atoms with Gasteiger partial charge in [0.05, 0.1) is 9.83 Å². The van der Waals surface area contributed by atoms with E-state index in [1.165, 1.54) is 40.9 Å². The van der Waals surface area contributed by atoms with Crippen LogP contribution < -0.4 is 20.3 Å². The number of thiocarbonyl (C=S) groups is 1. The monoisotopic (exact) mass is 514 g/mol. The Bertz CT molecular complexity index is 1260. The van der Waals surface area contributed by atoms with Gasteiger partial charge in [-0.3, -0.25) is 40.2 Å². The minimum Gasteiger partial charge on any atom is -0.454 e. The van der Waals surface area contributed by atoms with Gasteiger partial charge in [0.25, 0.3) is 17.5 Å². The maximum absolute atomic E-state index is 12.8. The molecule has 2 aliphatic heterocycles. The van der Waals surface area contributed by atoms with Gasteiger partial charge in [-0.05, 0) is 36.3 Å². The summed E-state index contributed by atoms with van der Waals surface area (Å²) < 4.78 is 11.0. The highest BCUT2D eigenvalue weighted by Gasteiger charge is 2.31. The van der Waals surface area contributed by atoms with Crippen molar-refractivity contribution in [2.75, 3.05) is 13.3 Å². The smallest absolute Gasteiger partial charge is 0.282 e. The summed E-state index contributed by atoms with van der Waals surface area (Å²) in [5.74, 6) is -0.336. The molecule has 0 aliphatic carbocycles. The number of nitrogens with one attached hydrogen (secondary N) is 2. The van der Waals surface area contributed by atoms with Gasteiger partial charge in [-0.15, -0.1) is 0 Å². The van der Waals surface area contributed by atoms with Gasteiger partial charge in [0, 0.05) is 19.0 Å². The van der Waals surface area contributed by atoms with E-state index in [1.54, 1.807) is 18.2 Å². The molecule has 0 saturated carbocycles. The Balaban J connectivity index is 1.26. The molecule has 0 bridgehead atoms. The normalized spacial score (nSPS) is 15.4. The summed E-state index contributed by atoms with van der Waals surface area (Å²) in [4.78, 5) is 49.3. The van der Waals surface area contributed by atoms with Crippen molar-refractivity contribution in [3.8, 4) is 11.5 Å². The van der Waals surface area contributed by atoms with Crippen LogP contribution in [-0.2, 0) is 9.59 Å². The average molecular weight is 515 g/mol. The first-order valence-electron chi connectivity index (χ1n) is 10.3. The average Bonchev–Trinajstić information content (AvgIpc) is 3.41. The first-order valence-corrected chi connectivity index (χ1v) is 11.5. The summed E-state index contributed by atoms with van der Waals surface area (Å²) >= 11 is 6.48. The Kier molecular flexibility index (Phi) is 7.27. The van der Waals surface area contributed by atoms with Crippen LogP contribution in [0.4, 0.5) is 5.69 Å². The lowest BCUT2D eigenvalue weighted by Gasteiger charge is -2.14. The Hall–Kier alpha value is -3.97. The third kappa shape index (κ3) is 5.58. The van der Waals surface area contributed by atoms with E-state index < -0.39 is 16.7 Å². The molecule has 0 spiro atoms. The highest BCUT2D eigenvalue weighted by molar-refractivity contribution is 8.26. The number of rotatable bonds is 7. The minimum absolute atomic E-state index is 0.00453. The van der Waals surface area contributed by atoms with Gasteiger partial charge in [-0.25, -0.2) is 0 Å². The summed E-state index contributed by atoms with van der Waals surface area (Å²) in [6, 6.07) is 10.7. The number of nitrogens with zero attached hydrogens (tertiary/aromatic N) is 2. The molecule has 35 heavy (non-hydrogen) atoms. The number of carbonyl (C=O) groups is 3. The van der Waals surface area contributed by atoms with Crippen molar-refractivity contribution in [1.82, 2.24) is 15.8 Å². The predicted octanol–water partition coefficient (Wildman–Crippen LogP) is 2.77. The number of benzene rings is 2. The lowest BCUT2D eigenvalue weighted by Crippen LogP contribution is -2.42. The fourth-order valence-electron chi connectivity index (χ4n) is 3.33. The molecule has 2 aliphatic rings. The number of para-hydroxylation sites is 1. The molecule has 11 nitrogen and oxygen atoms in total. The van der Waals surface area contributed by atoms with Crippen LogP contribution >= 0.6 is 24.0 Å². The molecule has 3 amide bonds. The Morgan fingerprint density at radius 1 is 1.17 bits per heavy atom. The molecule has 2 heterocycles. The van der Waals surface area contributed by atoms with Crippen molar-refractivity contribution in [3.63, 3.8) is 0 Å². The van der Waals surface area contributed by atoms with E-state index in [0.29, 0.717) is 20.7 Å². The van der Waals surface area contributed by atoms with Gasteiger partial charge < -0.3 is 9.47 Å². The summed E-state index contributed by atoms with van der Waals surface area (Å²) in [5, 5.41) is 11.0. The van der Waals surface area contributed by atoms with E-state index in [0.717, 1.165) is 5.56 Å². The number of fused-ring (bicyclic) bond motifs is 1. The molecule has 0 atom stereocenters. The Morgan fingerprint density at radius 2 is 1.94 bits per heavy atom. The zero-order valence-electron chi connectivity index (χ0n) is 18.0. The lowest BCUT2D eigenvalue weighted by atomic mass is 10.2. The highest BCUT2D eigenvalue weighted by Crippen LogP contribution is 2.36. The van der Waals surface area contributed by atoms with Crippen molar-refractivity contribution in [2.45, 2.75) is 12.8 Å². The highest BCUT2D eigenvalue weighted by atomic mass is 32.2. The number of hydrogen-bond acceptors (Lipinski definition) is 9. The molecule has 0 radical (unpaired) electrons. The zero-order chi connectivity index (χ0) is 24.9. The van der Waals surface area contributed by atoms with Crippen LogP contribution in [0.25, 0.3) is 6.08 Å². The van der Waals surface area contributed by atoms with Crippen LogP contribution in [0.15, 0.2) is 47.4 Å². The van der Waals surface area contributed by atoms with Gasteiger partial charge in [0.1, 0.15) is 9.88 Å². The summed E-state index contributed by atoms with van der Waals surface area (Å²) in [6.45, 7) is 0.374. The van der Waals surface area contributed by atoms with Crippen LogP contribution in [-0.4, -0.2) is 45.2 Å². The van der Waals surface area contributed by atoms with Gasteiger partial charge >= 0.3 is 0 Å². The Labute approximate surface area is 208 Å². The SMILES string of the molecule is O=C(CCCN1C(=O)C(=Cc2ccc3c(c2)OCO3)SC1=S)NNC(=O)c1ccccc1[N+](=O)[O-]. The van der Waals surface area contributed by atoms with Gasteiger partial charge in [-0.1, -0.05) is 42.2 Å². The summed E-state index contributed by atoms with van der Waals surface area (Å²) in [6.07, 6.45) is 2.00. The molecule has 0 unspecified atom stereocenters. The second kappa shape index (κ2) is 10.5. The van der Waals surface area contributed by atoms with E-state index in [1.807, 2.05) is 6.07 Å². The Morgan fingerprint density at radius 3 is 2.74 bits per heavy atom. The molecule has 13 heteroatoms. The van der Waals surface area contributed by atoms with Crippen molar-refractivity contribution in [3.05, 3.63) is 68.6 Å². The van der Waals surface area contributed by atoms with Crippen LogP contribution in [0.3, 0.4) is 0 Å². The van der Waals surface area contributed by atoms with Crippen LogP contribution in [0.5, 0.6) is 11.5 Å². The summed E-state index contributed by atoms with van der Waals surface area (Å²) in [7, 11) is 0. The number of hydrogen-bond donors (Lipinski definition) is 2. The minimum atomic E-state index is -0.809. The van der Waals surface area contributed by atoms with Gasteiger partial charge in [0.2, 0.25) is 12.7 Å². The van der Waals surface area contributed by atoms with E-state index in [-0.39, 0.29) is 43.3 Å². The van der Waals surface area contributed by atoms with Crippen LogP contribution in [0.2, 0.25) is 0 Å². The van der Waals surface area contributed by atoms with Crippen molar-refractivity contribution in [1.29, 1.82) is 0 Å². The van der Waals surface area contributed by atoms with E-state index in [2.05, 4.69) is 10.9 Å². The second-order valence-electron chi connectivity index (χ2n) is 7.33. The number of nitro benzene ring substituents is 1. The van der Waals surface area contributed by atoms with Crippen LogP contribution in [0.1, 0.15) is 28.8 Å². The summed E-state index contributed by atoms with van der Waals surface area (Å²) in [5.41, 5.74) is 4.60. The van der Waals surface area contributed by atoms with E-state index in [9.17, 15) is 24.5 Å². The third-order valence-corrected chi connectivity index (χ3v) is 6.39. The maximum Gasteiger partial charge on any atom is 0.282 e. The van der Waals surface area contributed by atoms with Crippen molar-refractivity contribution < 1.29 is 28.8 Å². The number of amides is 3. The maximum atomic E-state index is 12.8. The first-order chi connectivity index (χ1) is 16.8. The predicted molar refractivity (Wildman–Crippen MR) is 130 cm³/mol. The third-order valence-electron chi connectivity index (χ3n) is 5.01. The molecule has 1 saturated heterocycles. The quantitative estimate of drug-likeness (QED) is 0.247. The fourth-order valence-corrected chi connectivity index (χ4v) is 4.63. The largest absolute Gasteiger partial charge is 0.454 e. The molecule has 180 valence electrons. The van der Waals surface area contributed by atoms with Gasteiger partial charge in [0.15, 0.2) is 11.5 Å². The van der Waals surface area contributed by atoms with E-state index >= 15 is 0 Å². The topological polar surface area (TPSA) is 140 Å².